The van der Waals surface area contributed by atoms with Gasteiger partial charge >= 0.3 is 0 Å². The molecule has 0 saturated heterocycles. The molecule has 0 unspecified atom stereocenters. The molecular weight excluding hydrogens is 128 g/mol. The molecule has 0 aromatic carbocycles. The fraction of sp³-hybridized carbons (Fsp3) is 1.00. The molecule has 4 heteroatoms. The molecule has 64 valence electrons. The molecule has 0 spiro atoms. The number of hydrogen-bond acceptors (Lipinski definition) is 4. The third kappa shape index (κ3) is 24.9. The molecular formula is C6H20N4. The van der Waals surface area contributed by atoms with E-state index in [9.17, 15) is 0 Å². The fourth-order valence-electron chi connectivity index (χ4n) is 0.279. The fourth-order valence-corrected chi connectivity index (χ4v) is 0.279. The summed E-state index contributed by atoms with van der Waals surface area (Å²) in [7, 11) is 0. The van der Waals surface area contributed by atoms with Crippen molar-refractivity contribution in [1.82, 2.24) is 5.32 Å². The van der Waals surface area contributed by atoms with Crippen LogP contribution in [0, 0.1) is 0 Å². The molecule has 0 atom stereocenters. The van der Waals surface area contributed by atoms with Crippen molar-refractivity contribution in [3.05, 3.63) is 0 Å². The minimum absolute atomic E-state index is 0.597. The van der Waals surface area contributed by atoms with E-state index < -0.39 is 0 Å². The molecule has 0 aliphatic heterocycles. The van der Waals surface area contributed by atoms with Gasteiger partial charge in [0.15, 0.2) is 0 Å². The molecule has 0 aliphatic carbocycles. The summed E-state index contributed by atoms with van der Waals surface area (Å²) in [4.78, 5) is 0. The van der Waals surface area contributed by atoms with E-state index in [0.29, 0.717) is 13.1 Å². The van der Waals surface area contributed by atoms with Crippen molar-refractivity contribution in [2.45, 2.75) is 6.92 Å². The highest BCUT2D eigenvalue weighted by atomic mass is 14.9. The smallest absolute Gasteiger partial charge is 0.00743 e. The van der Waals surface area contributed by atoms with E-state index in [0.717, 1.165) is 19.6 Å². The summed E-state index contributed by atoms with van der Waals surface area (Å²) in [5, 5.41) is 3.07. The second-order valence-corrected chi connectivity index (χ2v) is 1.72. The first-order valence-electron chi connectivity index (χ1n) is 3.64. The molecule has 0 aromatic heterocycles. The Bertz CT molecular complexity index is 34.7. The largest absolute Gasteiger partial charge is 0.329 e. The van der Waals surface area contributed by atoms with E-state index in [1.807, 2.05) is 0 Å². The first-order chi connectivity index (χ1) is 4.83. The van der Waals surface area contributed by atoms with Gasteiger partial charge in [0.2, 0.25) is 0 Å². The molecule has 0 radical (unpaired) electrons. The average Bonchev–Trinajstić information content (AvgIpc) is 2.01. The van der Waals surface area contributed by atoms with Crippen molar-refractivity contribution in [2.24, 2.45) is 17.2 Å². The van der Waals surface area contributed by atoms with Crippen LogP contribution in [0.5, 0.6) is 0 Å². The maximum absolute atomic E-state index is 5.15. The predicted molar refractivity (Wildman–Crippen MR) is 45.7 cm³/mol. The van der Waals surface area contributed by atoms with Crippen molar-refractivity contribution in [3.63, 3.8) is 0 Å². The summed E-state index contributed by atoms with van der Waals surface area (Å²) in [6.07, 6.45) is 0. The van der Waals surface area contributed by atoms with Gasteiger partial charge in [-0.05, 0) is 6.54 Å². The standard InChI is InChI=1S/C4H12N2.C2H8N2/c1-2-6-4-3-5;3-1-2-4/h6H,2-5H2,1H3;1-4H2. The van der Waals surface area contributed by atoms with Crippen LogP contribution in [-0.2, 0) is 0 Å². The van der Waals surface area contributed by atoms with E-state index in [4.69, 9.17) is 17.2 Å². The van der Waals surface area contributed by atoms with Gasteiger partial charge in [-0.3, -0.25) is 0 Å². The molecule has 0 saturated carbocycles. The van der Waals surface area contributed by atoms with E-state index in [2.05, 4.69) is 12.2 Å². The van der Waals surface area contributed by atoms with Gasteiger partial charge in [0.1, 0.15) is 0 Å². The quantitative estimate of drug-likeness (QED) is 0.364. The highest BCUT2D eigenvalue weighted by molar-refractivity contribution is 4.39. The zero-order valence-electron chi connectivity index (χ0n) is 6.77. The number of nitrogens with one attached hydrogen (secondary N) is 1. The molecule has 4 nitrogen and oxygen atoms in total. The number of hydrogen-bond donors (Lipinski definition) is 4. The molecule has 0 fully saturated rings. The van der Waals surface area contributed by atoms with E-state index in [1.165, 1.54) is 0 Å². The normalized spacial score (nSPS) is 8.40. The Kier molecular flexibility index (Phi) is 19.9. The summed E-state index contributed by atoms with van der Waals surface area (Å²) in [6.45, 7) is 5.97. The molecule has 0 aromatic rings. The van der Waals surface area contributed by atoms with Crippen molar-refractivity contribution in [1.29, 1.82) is 0 Å². The average molecular weight is 148 g/mol. The highest BCUT2D eigenvalue weighted by Crippen LogP contribution is 1.48. The van der Waals surface area contributed by atoms with Gasteiger partial charge in [-0.15, -0.1) is 0 Å². The Morgan fingerprint density at radius 2 is 1.50 bits per heavy atom. The van der Waals surface area contributed by atoms with Gasteiger partial charge < -0.3 is 22.5 Å². The van der Waals surface area contributed by atoms with Crippen LogP contribution >= 0.6 is 0 Å². The predicted octanol–water partition coefficient (Wildman–Crippen LogP) is -1.54. The summed E-state index contributed by atoms with van der Waals surface area (Å²) >= 11 is 0. The lowest BCUT2D eigenvalue weighted by molar-refractivity contribution is 0.725. The Morgan fingerprint density at radius 1 is 1.00 bits per heavy atom. The van der Waals surface area contributed by atoms with E-state index in [1.54, 1.807) is 0 Å². The SMILES string of the molecule is CCNCCN.NCCN. The molecule has 0 amide bonds. The lowest BCUT2D eigenvalue weighted by Crippen LogP contribution is -2.21. The van der Waals surface area contributed by atoms with Crippen molar-refractivity contribution in [3.8, 4) is 0 Å². The third-order valence-electron chi connectivity index (χ3n) is 0.738. The molecule has 0 heterocycles. The maximum Gasteiger partial charge on any atom is 0.00743 e. The van der Waals surface area contributed by atoms with Crippen molar-refractivity contribution < 1.29 is 0 Å². The van der Waals surface area contributed by atoms with Crippen LogP contribution in [0.3, 0.4) is 0 Å². The van der Waals surface area contributed by atoms with Gasteiger partial charge in [0.05, 0.1) is 0 Å². The Morgan fingerprint density at radius 3 is 1.60 bits per heavy atom. The summed E-state index contributed by atoms with van der Waals surface area (Å²) in [5.41, 5.74) is 15.0. The van der Waals surface area contributed by atoms with Crippen LogP contribution in [0.4, 0.5) is 0 Å². The number of nitrogens with two attached hydrogens (primary N) is 3. The second kappa shape index (κ2) is 15.9. The van der Waals surface area contributed by atoms with Crippen LogP contribution in [-0.4, -0.2) is 32.7 Å². The second-order valence-electron chi connectivity index (χ2n) is 1.72. The lowest BCUT2D eigenvalue weighted by atomic mass is 10.6. The van der Waals surface area contributed by atoms with Crippen molar-refractivity contribution in [2.75, 3.05) is 32.7 Å². The van der Waals surface area contributed by atoms with Crippen LogP contribution < -0.4 is 22.5 Å². The Labute approximate surface area is 63.1 Å². The molecule has 10 heavy (non-hydrogen) atoms. The summed E-state index contributed by atoms with van der Waals surface area (Å²) < 4.78 is 0. The summed E-state index contributed by atoms with van der Waals surface area (Å²) in [6, 6.07) is 0. The van der Waals surface area contributed by atoms with Crippen LogP contribution in [0.1, 0.15) is 6.92 Å². The minimum atomic E-state index is 0.597. The van der Waals surface area contributed by atoms with Gasteiger partial charge in [-0.1, -0.05) is 6.92 Å². The van der Waals surface area contributed by atoms with E-state index >= 15 is 0 Å². The monoisotopic (exact) mass is 148 g/mol. The number of likely N-dealkylation sites (N-methyl/N-ethyl adjacent to an activating group) is 1. The zero-order valence-corrected chi connectivity index (χ0v) is 6.77. The van der Waals surface area contributed by atoms with Gasteiger partial charge in [0.25, 0.3) is 0 Å². The van der Waals surface area contributed by atoms with Gasteiger partial charge in [-0.25, -0.2) is 0 Å². The first kappa shape index (κ1) is 12.5. The zero-order chi connectivity index (χ0) is 8.24. The molecule has 0 rings (SSSR count). The van der Waals surface area contributed by atoms with Crippen LogP contribution in [0.2, 0.25) is 0 Å². The van der Waals surface area contributed by atoms with Gasteiger partial charge in [0, 0.05) is 26.2 Å². The van der Waals surface area contributed by atoms with Crippen molar-refractivity contribution >= 4 is 0 Å². The molecule has 0 bridgehead atoms. The Hall–Kier alpha value is -0.160. The Balaban J connectivity index is 0. The van der Waals surface area contributed by atoms with Crippen LogP contribution in [0.25, 0.3) is 0 Å². The first-order valence-corrected chi connectivity index (χ1v) is 3.64. The summed E-state index contributed by atoms with van der Waals surface area (Å²) in [5.74, 6) is 0. The molecule has 0 aliphatic rings. The third-order valence-corrected chi connectivity index (χ3v) is 0.738. The van der Waals surface area contributed by atoms with E-state index in [-0.39, 0.29) is 0 Å². The minimum Gasteiger partial charge on any atom is -0.329 e. The topological polar surface area (TPSA) is 90.1 Å². The highest BCUT2D eigenvalue weighted by Gasteiger charge is 1.71. The maximum atomic E-state index is 5.15. The number of rotatable bonds is 4. The van der Waals surface area contributed by atoms with Gasteiger partial charge in [-0.2, -0.15) is 0 Å². The molecule has 7 N–H and O–H groups in total. The lowest BCUT2D eigenvalue weighted by Gasteiger charge is -1.92. The van der Waals surface area contributed by atoms with Crippen LogP contribution in [0.15, 0.2) is 0 Å².